The molecule has 2 unspecified atom stereocenters. The lowest BCUT2D eigenvalue weighted by Crippen LogP contribution is -2.09. The number of halogens is 1. The Bertz CT molecular complexity index is 721. The van der Waals surface area contributed by atoms with Crippen molar-refractivity contribution in [2.24, 2.45) is 0 Å². The van der Waals surface area contributed by atoms with Crippen LogP contribution in [-0.4, -0.2) is 13.6 Å². The van der Waals surface area contributed by atoms with Crippen molar-refractivity contribution in [3.05, 3.63) is 70.5 Å². The molecule has 0 aliphatic carbocycles. The maximum absolute atomic E-state index is 13.2. The molecule has 2 aromatic rings. The third-order valence-electron chi connectivity index (χ3n) is 4.21. The summed E-state index contributed by atoms with van der Waals surface area (Å²) in [5.41, 5.74) is 3.73. The zero-order valence-electron chi connectivity index (χ0n) is 13.1. The van der Waals surface area contributed by atoms with E-state index in [1.165, 1.54) is 12.1 Å². The molecule has 0 radical (unpaired) electrons. The Morgan fingerprint density at radius 1 is 1.17 bits per heavy atom. The first kappa shape index (κ1) is 15.7. The zero-order valence-corrected chi connectivity index (χ0v) is 13.1. The monoisotopic (exact) mass is 310 g/mol. The molecule has 4 heteroatoms. The van der Waals surface area contributed by atoms with Gasteiger partial charge in [-0.05, 0) is 67.4 Å². The van der Waals surface area contributed by atoms with Crippen LogP contribution in [-0.2, 0) is 4.74 Å². The molecule has 0 saturated carbocycles. The van der Waals surface area contributed by atoms with Crippen molar-refractivity contribution in [3.63, 3.8) is 0 Å². The molecule has 0 amide bonds. The smallest absolute Gasteiger partial charge is 0.123 e. The van der Waals surface area contributed by atoms with Crippen LogP contribution < -0.4 is 5.32 Å². The molecular weight excluding hydrogens is 291 g/mol. The summed E-state index contributed by atoms with van der Waals surface area (Å²) in [7, 11) is 1.93. The number of ether oxygens (including phenoxy) is 1. The maximum Gasteiger partial charge on any atom is 0.123 e. The first-order chi connectivity index (χ1) is 11.2. The number of nitrogens with zero attached hydrogens (tertiary/aromatic N) is 1. The van der Waals surface area contributed by atoms with Gasteiger partial charge in [0.2, 0.25) is 0 Å². The fraction of sp³-hybridized carbons (Fsp3) is 0.316. The van der Waals surface area contributed by atoms with E-state index in [1.54, 1.807) is 12.1 Å². The van der Waals surface area contributed by atoms with Gasteiger partial charge in [0.05, 0.1) is 17.7 Å². The van der Waals surface area contributed by atoms with E-state index in [0.717, 1.165) is 36.1 Å². The van der Waals surface area contributed by atoms with Crippen molar-refractivity contribution >= 4 is 0 Å². The molecule has 0 fully saturated rings. The van der Waals surface area contributed by atoms with Gasteiger partial charge in [-0.1, -0.05) is 18.2 Å². The topological polar surface area (TPSA) is 45.0 Å². The first-order valence-electron chi connectivity index (χ1n) is 7.82. The first-order valence-corrected chi connectivity index (χ1v) is 7.82. The van der Waals surface area contributed by atoms with Gasteiger partial charge in [0.1, 0.15) is 11.9 Å². The number of nitriles is 1. The van der Waals surface area contributed by atoms with E-state index in [9.17, 15) is 4.39 Å². The lowest BCUT2D eigenvalue weighted by molar-refractivity contribution is 0.0275. The van der Waals surface area contributed by atoms with Gasteiger partial charge in [-0.3, -0.25) is 0 Å². The Kier molecular flexibility index (Phi) is 4.71. The second kappa shape index (κ2) is 6.91. The summed E-state index contributed by atoms with van der Waals surface area (Å²) < 4.78 is 19.4. The minimum absolute atomic E-state index is 0.0262. The minimum Gasteiger partial charge on any atom is -0.361 e. The standard InChI is InChI=1S/C19H19FN2O/c1-22-10-2-3-18-17-11-13(12-21)4-9-16(17)19(23-18)14-5-7-15(20)8-6-14/h4-9,11,18-19,22H,2-3,10H2,1H3. The molecule has 0 aromatic heterocycles. The van der Waals surface area contributed by atoms with Crippen LogP contribution in [0.5, 0.6) is 0 Å². The van der Waals surface area contributed by atoms with Gasteiger partial charge in [-0.2, -0.15) is 5.26 Å². The van der Waals surface area contributed by atoms with E-state index in [4.69, 9.17) is 10.00 Å². The van der Waals surface area contributed by atoms with Gasteiger partial charge in [-0.15, -0.1) is 0 Å². The van der Waals surface area contributed by atoms with Crippen LogP contribution in [0.2, 0.25) is 0 Å². The Morgan fingerprint density at radius 3 is 2.65 bits per heavy atom. The van der Waals surface area contributed by atoms with Crippen LogP contribution in [0.1, 0.15) is 47.3 Å². The highest BCUT2D eigenvalue weighted by Gasteiger charge is 2.32. The maximum atomic E-state index is 13.2. The average molecular weight is 310 g/mol. The van der Waals surface area contributed by atoms with Gasteiger partial charge < -0.3 is 10.1 Å². The summed E-state index contributed by atoms with van der Waals surface area (Å²) in [6, 6.07) is 14.3. The van der Waals surface area contributed by atoms with E-state index in [0.29, 0.717) is 5.56 Å². The second-order valence-electron chi connectivity index (χ2n) is 5.76. The molecule has 23 heavy (non-hydrogen) atoms. The van der Waals surface area contributed by atoms with Crippen LogP contribution >= 0.6 is 0 Å². The summed E-state index contributed by atoms with van der Waals surface area (Å²) in [6.45, 7) is 0.925. The van der Waals surface area contributed by atoms with Crippen LogP contribution in [0.15, 0.2) is 42.5 Å². The van der Waals surface area contributed by atoms with E-state index in [1.807, 2.05) is 25.2 Å². The van der Waals surface area contributed by atoms with Crippen molar-refractivity contribution in [1.29, 1.82) is 5.26 Å². The van der Waals surface area contributed by atoms with Crippen LogP contribution in [0, 0.1) is 17.1 Å². The molecule has 0 saturated heterocycles. The largest absolute Gasteiger partial charge is 0.361 e. The average Bonchev–Trinajstić information content (AvgIpc) is 2.94. The second-order valence-corrected chi connectivity index (χ2v) is 5.76. The number of nitrogens with one attached hydrogen (secondary N) is 1. The lowest BCUT2D eigenvalue weighted by Gasteiger charge is -2.15. The molecule has 3 nitrogen and oxygen atoms in total. The molecule has 0 bridgehead atoms. The van der Waals surface area contributed by atoms with E-state index in [-0.39, 0.29) is 18.0 Å². The van der Waals surface area contributed by atoms with Crippen LogP contribution in [0.3, 0.4) is 0 Å². The SMILES string of the molecule is CNCCCC1OC(c2ccc(F)cc2)c2ccc(C#N)cc21. The van der Waals surface area contributed by atoms with Gasteiger partial charge in [-0.25, -0.2) is 4.39 Å². The normalized spacial score (nSPS) is 19.3. The molecule has 118 valence electrons. The third kappa shape index (κ3) is 3.26. The molecule has 0 spiro atoms. The molecule has 1 N–H and O–H groups in total. The fourth-order valence-corrected chi connectivity index (χ4v) is 3.06. The van der Waals surface area contributed by atoms with Crippen molar-refractivity contribution in [2.75, 3.05) is 13.6 Å². The van der Waals surface area contributed by atoms with E-state index in [2.05, 4.69) is 11.4 Å². The summed E-state index contributed by atoms with van der Waals surface area (Å²) in [4.78, 5) is 0. The number of fused-ring (bicyclic) bond motifs is 1. The van der Waals surface area contributed by atoms with E-state index < -0.39 is 0 Å². The Morgan fingerprint density at radius 2 is 1.96 bits per heavy atom. The van der Waals surface area contributed by atoms with Gasteiger partial charge >= 0.3 is 0 Å². The highest BCUT2D eigenvalue weighted by Crippen LogP contribution is 2.44. The predicted molar refractivity (Wildman–Crippen MR) is 86.4 cm³/mol. The number of hydrogen-bond acceptors (Lipinski definition) is 3. The number of rotatable bonds is 5. The van der Waals surface area contributed by atoms with Crippen molar-refractivity contribution in [3.8, 4) is 6.07 Å². The summed E-state index contributed by atoms with van der Waals surface area (Å²) >= 11 is 0. The van der Waals surface area contributed by atoms with Gasteiger partial charge in [0.25, 0.3) is 0 Å². The van der Waals surface area contributed by atoms with Gasteiger partial charge in [0.15, 0.2) is 0 Å². The van der Waals surface area contributed by atoms with Gasteiger partial charge in [0, 0.05) is 0 Å². The van der Waals surface area contributed by atoms with Crippen LogP contribution in [0.4, 0.5) is 4.39 Å². The summed E-state index contributed by atoms with van der Waals surface area (Å²) in [6.07, 6.45) is 1.66. The molecule has 2 aromatic carbocycles. The lowest BCUT2D eigenvalue weighted by atomic mass is 9.94. The van der Waals surface area contributed by atoms with Crippen LogP contribution in [0.25, 0.3) is 0 Å². The summed E-state index contributed by atoms with van der Waals surface area (Å²) in [5, 5.41) is 12.3. The Labute approximate surface area is 135 Å². The van der Waals surface area contributed by atoms with Crippen molar-refractivity contribution < 1.29 is 9.13 Å². The number of hydrogen-bond donors (Lipinski definition) is 1. The van der Waals surface area contributed by atoms with Crippen molar-refractivity contribution in [2.45, 2.75) is 25.0 Å². The molecule has 2 atom stereocenters. The molecule has 3 rings (SSSR count). The predicted octanol–water partition coefficient (Wildman–Crippen LogP) is 3.86. The number of benzene rings is 2. The third-order valence-corrected chi connectivity index (χ3v) is 4.21. The molecule has 1 aliphatic heterocycles. The fourth-order valence-electron chi connectivity index (χ4n) is 3.06. The zero-order chi connectivity index (χ0) is 16.2. The highest BCUT2D eigenvalue weighted by molar-refractivity contribution is 5.45. The Balaban J connectivity index is 1.92. The highest BCUT2D eigenvalue weighted by atomic mass is 19.1. The molecule has 1 heterocycles. The van der Waals surface area contributed by atoms with E-state index >= 15 is 0 Å². The molecular formula is C19H19FN2O. The van der Waals surface area contributed by atoms with Crippen molar-refractivity contribution in [1.82, 2.24) is 5.32 Å². The molecule has 1 aliphatic rings. The summed E-state index contributed by atoms with van der Waals surface area (Å²) in [5.74, 6) is -0.252. The Hall–Kier alpha value is -2.22. The minimum atomic E-state index is -0.252. The quantitative estimate of drug-likeness (QED) is 0.853.